The molecule has 6 heteroatoms. The van der Waals surface area contributed by atoms with Crippen LogP contribution in [0.25, 0.3) is 10.2 Å². The molecule has 0 unspecified atom stereocenters. The Balaban J connectivity index is 1.98. The summed E-state index contributed by atoms with van der Waals surface area (Å²) in [5, 5.41) is 12.7. The molecule has 0 radical (unpaired) electrons. The van der Waals surface area contributed by atoms with Gasteiger partial charge in [0.2, 0.25) is 0 Å². The monoisotopic (exact) mass is 302 g/mol. The average Bonchev–Trinajstić information content (AvgIpc) is 2.82. The number of benzene rings is 2. The molecule has 0 saturated carbocycles. The molecule has 0 fully saturated rings. The van der Waals surface area contributed by atoms with Gasteiger partial charge in [-0.1, -0.05) is 17.4 Å². The lowest BCUT2D eigenvalue weighted by Gasteiger charge is -2.07. The van der Waals surface area contributed by atoms with Crippen LogP contribution < -0.4 is 5.32 Å². The SMILES string of the molecule is Cc1ccc(C(=O)O)cc1Nc1nc2ccc(F)cc2s1. The van der Waals surface area contributed by atoms with Crippen molar-refractivity contribution in [1.82, 2.24) is 4.98 Å². The number of halogens is 1. The fourth-order valence-electron chi connectivity index (χ4n) is 1.96. The third-order valence-electron chi connectivity index (χ3n) is 3.08. The minimum atomic E-state index is -0.982. The first-order chi connectivity index (χ1) is 10.0. The molecule has 2 aromatic carbocycles. The number of nitrogens with one attached hydrogen (secondary N) is 1. The molecule has 0 spiro atoms. The summed E-state index contributed by atoms with van der Waals surface area (Å²) >= 11 is 1.32. The maximum Gasteiger partial charge on any atom is 0.335 e. The first-order valence-electron chi connectivity index (χ1n) is 6.20. The van der Waals surface area contributed by atoms with Crippen LogP contribution in [0.3, 0.4) is 0 Å². The van der Waals surface area contributed by atoms with Gasteiger partial charge < -0.3 is 10.4 Å². The van der Waals surface area contributed by atoms with Gasteiger partial charge in [-0.05, 0) is 42.8 Å². The molecule has 106 valence electrons. The first kappa shape index (κ1) is 13.5. The van der Waals surface area contributed by atoms with E-state index in [4.69, 9.17) is 5.11 Å². The van der Waals surface area contributed by atoms with E-state index >= 15 is 0 Å². The van der Waals surface area contributed by atoms with E-state index in [0.29, 0.717) is 16.3 Å². The minimum absolute atomic E-state index is 0.204. The zero-order valence-corrected chi connectivity index (χ0v) is 11.9. The Morgan fingerprint density at radius 3 is 2.86 bits per heavy atom. The van der Waals surface area contributed by atoms with E-state index in [1.807, 2.05) is 6.92 Å². The molecule has 1 aromatic heterocycles. The molecule has 3 rings (SSSR count). The molecule has 0 amide bonds. The highest BCUT2D eigenvalue weighted by atomic mass is 32.1. The van der Waals surface area contributed by atoms with Crippen LogP contribution in [-0.2, 0) is 0 Å². The van der Waals surface area contributed by atoms with Crippen LogP contribution in [-0.4, -0.2) is 16.1 Å². The van der Waals surface area contributed by atoms with Crippen LogP contribution in [0.1, 0.15) is 15.9 Å². The largest absolute Gasteiger partial charge is 0.478 e. The fourth-order valence-corrected chi connectivity index (χ4v) is 2.86. The second-order valence-electron chi connectivity index (χ2n) is 4.59. The number of hydrogen-bond acceptors (Lipinski definition) is 4. The number of carbonyl (C=O) groups is 1. The smallest absolute Gasteiger partial charge is 0.335 e. The third-order valence-corrected chi connectivity index (χ3v) is 4.01. The van der Waals surface area contributed by atoms with Gasteiger partial charge in [-0.3, -0.25) is 0 Å². The van der Waals surface area contributed by atoms with Gasteiger partial charge in [-0.2, -0.15) is 0 Å². The van der Waals surface area contributed by atoms with Gasteiger partial charge in [0.15, 0.2) is 5.13 Å². The van der Waals surface area contributed by atoms with E-state index in [2.05, 4.69) is 10.3 Å². The lowest BCUT2D eigenvalue weighted by atomic mass is 10.1. The Morgan fingerprint density at radius 2 is 2.10 bits per heavy atom. The molecule has 0 saturated heterocycles. The molecule has 0 bridgehead atoms. The van der Waals surface area contributed by atoms with E-state index < -0.39 is 5.97 Å². The standard InChI is InChI=1S/C15H11FN2O2S/c1-8-2-3-9(14(19)20)6-12(8)18-15-17-11-5-4-10(16)7-13(11)21-15/h2-7H,1H3,(H,17,18)(H,19,20). The number of aromatic nitrogens is 1. The van der Waals surface area contributed by atoms with Crippen molar-refractivity contribution in [3.63, 3.8) is 0 Å². The normalized spacial score (nSPS) is 10.8. The molecule has 4 nitrogen and oxygen atoms in total. The van der Waals surface area contributed by atoms with Crippen LogP contribution >= 0.6 is 11.3 Å². The van der Waals surface area contributed by atoms with Crippen LogP contribution in [0.4, 0.5) is 15.2 Å². The molecule has 1 heterocycles. The Bertz CT molecular complexity index is 845. The Hall–Kier alpha value is -2.47. The predicted molar refractivity (Wildman–Crippen MR) is 81.0 cm³/mol. The Kier molecular flexibility index (Phi) is 3.31. The highest BCUT2D eigenvalue weighted by Gasteiger charge is 2.09. The van der Waals surface area contributed by atoms with Crippen LogP contribution in [0, 0.1) is 12.7 Å². The van der Waals surface area contributed by atoms with Gasteiger partial charge in [0, 0.05) is 5.69 Å². The van der Waals surface area contributed by atoms with Crippen molar-refractivity contribution < 1.29 is 14.3 Å². The lowest BCUT2D eigenvalue weighted by molar-refractivity contribution is 0.0697. The number of carboxylic acids is 1. The van der Waals surface area contributed by atoms with E-state index in [1.54, 1.807) is 24.3 Å². The van der Waals surface area contributed by atoms with E-state index in [0.717, 1.165) is 10.3 Å². The van der Waals surface area contributed by atoms with Gasteiger partial charge in [0.05, 0.1) is 15.8 Å². The summed E-state index contributed by atoms with van der Waals surface area (Å²) < 4.78 is 13.9. The molecule has 0 aliphatic rings. The van der Waals surface area contributed by atoms with Crippen molar-refractivity contribution in [2.75, 3.05) is 5.32 Å². The van der Waals surface area contributed by atoms with Crippen molar-refractivity contribution in [3.05, 3.63) is 53.3 Å². The molecular formula is C15H11FN2O2S. The summed E-state index contributed by atoms with van der Waals surface area (Å²) in [7, 11) is 0. The molecule has 3 aromatic rings. The molecule has 0 aliphatic heterocycles. The van der Waals surface area contributed by atoms with Gasteiger partial charge in [0.25, 0.3) is 0 Å². The lowest BCUT2D eigenvalue weighted by Crippen LogP contribution is -1.99. The van der Waals surface area contributed by atoms with Crippen molar-refractivity contribution in [3.8, 4) is 0 Å². The van der Waals surface area contributed by atoms with E-state index in [9.17, 15) is 9.18 Å². The zero-order chi connectivity index (χ0) is 15.0. The van der Waals surface area contributed by atoms with E-state index in [-0.39, 0.29) is 11.4 Å². The van der Waals surface area contributed by atoms with Crippen molar-refractivity contribution in [2.45, 2.75) is 6.92 Å². The maximum absolute atomic E-state index is 13.2. The summed E-state index contributed by atoms with van der Waals surface area (Å²) in [6.07, 6.45) is 0. The number of carboxylic acid groups (broad SMARTS) is 1. The number of rotatable bonds is 3. The molecule has 0 aliphatic carbocycles. The number of aromatic carboxylic acids is 1. The topological polar surface area (TPSA) is 62.2 Å². The van der Waals surface area contributed by atoms with Gasteiger partial charge in [0.1, 0.15) is 5.82 Å². The van der Waals surface area contributed by atoms with Gasteiger partial charge in [-0.15, -0.1) is 0 Å². The molecule has 2 N–H and O–H groups in total. The summed E-state index contributed by atoms with van der Waals surface area (Å²) in [6.45, 7) is 1.88. The van der Waals surface area contributed by atoms with Crippen molar-refractivity contribution in [2.24, 2.45) is 0 Å². The zero-order valence-electron chi connectivity index (χ0n) is 11.1. The van der Waals surface area contributed by atoms with Crippen LogP contribution in [0.2, 0.25) is 0 Å². The Labute approximate surface area is 123 Å². The fraction of sp³-hybridized carbons (Fsp3) is 0.0667. The number of hydrogen-bond donors (Lipinski definition) is 2. The van der Waals surface area contributed by atoms with Crippen LogP contribution in [0.5, 0.6) is 0 Å². The predicted octanol–water partition coefficient (Wildman–Crippen LogP) is 4.19. The Morgan fingerprint density at radius 1 is 1.29 bits per heavy atom. The number of fused-ring (bicyclic) bond motifs is 1. The highest BCUT2D eigenvalue weighted by molar-refractivity contribution is 7.22. The second-order valence-corrected chi connectivity index (χ2v) is 5.62. The minimum Gasteiger partial charge on any atom is -0.478 e. The van der Waals surface area contributed by atoms with Crippen molar-refractivity contribution >= 4 is 38.3 Å². The number of nitrogens with zero attached hydrogens (tertiary/aromatic N) is 1. The third kappa shape index (κ3) is 2.71. The summed E-state index contributed by atoms with van der Waals surface area (Å²) in [4.78, 5) is 15.4. The number of aryl methyl sites for hydroxylation is 1. The summed E-state index contributed by atoms with van der Waals surface area (Å²) in [5.74, 6) is -1.29. The van der Waals surface area contributed by atoms with Gasteiger partial charge in [-0.25, -0.2) is 14.2 Å². The summed E-state index contributed by atoms with van der Waals surface area (Å²) in [5.41, 5.74) is 2.49. The van der Waals surface area contributed by atoms with Crippen LogP contribution in [0.15, 0.2) is 36.4 Å². The maximum atomic E-state index is 13.2. The van der Waals surface area contributed by atoms with E-state index in [1.165, 1.54) is 23.5 Å². The first-order valence-corrected chi connectivity index (χ1v) is 7.01. The molecule has 0 atom stereocenters. The average molecular weight is 302 g/mol. The highest BCUT2D eigenvalue weighted by Crippen LogP contribution is 2.30. The summed E-state index contributed by atoms with van der Waals surface area (Å²) in [6, 6.07) is 9.26. The molecule has 21 heavy (non-hydrogen) atoms. The quantitative estimate of drug-likeness (QED) is 0.761. The van der Waals surface area contributed by atoms with Gasteiger partial charge >= 0.3 is 5.97 Å². The van der Waals surface area contributed by atoms with Crippen molar-refractivity contribution in [1.29, 1.82) is 0 Å². The number of anilines is 2. The second kappa shape index (κ2) is 5.14. The molecular weight excluding hydrogens is 291 g/mol. The number of thiazole rings is 1.